The van der Waals surface area contributed by atoms with Crippen LogP contribution in [-0.4, -0.2) is 17.0 Å². The van der Waals surface area contributed by atoms with Gasteiger partial charge in [0.15, 0.2) is 5.17 Å². The maximum absolute atomic E-state index is 13.3. The maximum atomic E-state index is 13.3. The number of carbonyl (C=O) groups is 2. The van der Waals surface area contributed by atoms with E-state index in [2.05, 4.69) is 10.3 Å². The predicted molar refractivity (Wildman–Crippen MR) is 115 cm³/mol. The van der Waals surface area contributed by atoms with Crippen molar-refractivity contribution in [1.82, 2.24) is 0 Å². The third-order valence-corrected chi connectivity index (χ3v) is 5.47. The maximum Gasteiger partial charge on any atom is 1.00 e. The molecule has 0 aliphatic carbocycles. The molecule has 31 heavy (non-hydrogen) atoms. The zero-order valence-electron chi connectivity index (χ0n) is 16.7. The minimum atomic E-state index is -1.08. The Hall–Kier alpha value is -2.45. The van der Waals surface area contributed by atoms with E-state index in [1.165, 1.54) is 23.9 Å². The average molecular weight is 442 g/mol. The number of thioether (sulfide) groups is 1. The Morgan fingerprint density at radius 3 is 2.52 bits per heavy atom. The summed E-state index contributed by atoms with van der Waals surface area (Å²) in [5.74, 6) is -1.69. The minimum Gasteiger partial charge on any atom is -0.550 e. The number of carbonyl (C=O) groups excluding carboxylic acids is 2. The molecule has 150 valence electrons. The Kier molecular flexibility index (Phi) is 7.67. The second-order valence-electron chi connectivity index (χ2n) is 6.78. The number of fused-ring (bicyclic) bond motifs is 1. The number of aliphatic carboxylic acids is 1. The molecule has 0 saturated carbocycles. The van der Waals surface area contributed by atoms with Crippen molar-refractivity contribution >= 4 is 51.3 Å². The number of nitrogens with one attached hydrogen (secondary N) is 1. The Bertz CT molecular complexity index is 1210. The van der Waals surface area contributed by atoms with E-state index in [1.54, 1.807) is 12.1 Å². The summed E-state index contributed by atoms with van der Waals surface area (Å²) < 4.78 is 13.3. The van der Waals surface area contributed by atoms with Crippen LogP contribution in [0.4, 0.5) is 10.1 Å². The first-order valence-corrected chi connectivity index (χ1v) is 10.1. The molecule has 3 aromatic carbocycles. The molecule has 0 aromatic heterocycles. The minimum absolute atomic E-state index is 0. The summed E-state index contributed by atoms with van der Waals surface area (Å²) in [7, 11) is 0. The molecule has 0 fully saturated rings. The number of rotatable bonds is 5. The van der Waals surface area contributed by atoms with Crippen molar-refractivity contribution in [3.05, 3.63) is 82.5 Å². The number of carboxylic acids is 1. The van der Waals surface area contributed by atoms with Crippen LogP contribution in [0.5, 0.6) is 0 Å². The van der Waals surface area contributed by atoms with Crippen molar-refractivity contribution in [2.24, 2.45) is 4.99 Å². The average Bonchev–Trinajstić information content (AvgIpc) is 3.06. The van der Waals surface area contributed by atoms with Crippen LogP contribution in [-0.2, 0) is 16.0 Å². The van der Waals surface area contributed by atoms with Gasteiger partial charge in [-0.25, -0.2) is 4.39 Å². The van der Waals surface area contributed by atoms with Gasteiger partial charge in [-0.05, 0) is 82.9 Å². The van der Waals surface area contributed by atoms with Crippen LogP contribution in [0.25, 0.3) is 16.8 Å². The first-order chi connectivity index (χ1) is 14.5. The molecule has 0 bridgehead atoms. The van der Waals surface area contributed by atoms with Crippen molar-refractivity contribution in [2.45, 2.75) is 12.8 Å². The Morgan fingerprint density at radius 1 is 1.06 bits per heavy atom. The van der Waals surface area contributed by atoms with Crippen LogP contribution in [0.2, 0.25) is 0 Å². The summed E-state index contributed by atoms with van der Waals surface area (Å²) in [4.78, 5) is 27.3. The largest absolute Gasteiger partial charge is 1.00 e. The quantitative estimate of drug-likeness (QED) is 0.466. The number of hydrogen-bond acceptors (Lipinski definition) is 5. The number of aryl methyl sites for hydroxylation is 1. The normalized spacial score (nSPS) is 14.4. The molecular weight excluding hydrogens is 426 g/mol. The topological polar surface area (TPSA) is 81.6 Å². The van der Waals surface area contributed by atoms with E-state index >= 15 is 0 Å². The van der Waals surface area contributed by atoms with Crippen LogP contribution >= 0.6 is 11.8 Å². The van der Waals surface area contributed by atoms with Crippen LogP contribution < -0.4 is 40.0 Å². The molecule has 1 aliphatic rings. The molecule has 5 nitrogen and oxygen atoms in total. The van der Waals surface area contributed by atoms with Gasteiger partial charge in [-0.3, -0.25) is 4.79 Å². The number of amides is 1. The molecule has 1 amide bonds. The third-order valence-electron chi connectivity index (χ3n) is 4.57. The van der Waals surface area contributed by atoms with Gasteiger partial charge in [0.25, 0.3) is 5.91 Å². The van der Waals surface area contributed by atoms with Gasteiger partial charge >= 0.3 is 29.6 Å². The molecule has 0 radical (unpaired) electrons. The summed E-state index contributed by atoms with van der Waals surface area (Å²) >= 11 is 1.24. The molecule has 8 heteroatoms. The van der Waals surface area contributed by atoms with E-state index in [-0.39, 0.29) is 47.7 Å². The van der Waals surface area contributed by atoms with Gasteiger partial charge in [0.2, 0.25) is 0 Å². The molecule has 1 N–H and O–H groups in total. The molecular formula is C23H16FN2NaO3S. The summed E-state index contributed by atoms with van der Waals surface area (Å²) in [5, 5.41) is 15.8. The van der Waals surface area contributed by atoms with E-state index in [4.69, 9.17) is 0 Å². The van der Waals surface area contributed by atoms with Crippen LogP contribution in [0.3, 0.4) is 0 Å². The van der Waals surface area contributed by atoms with E-state index < -0.39 is 5.97 Å². The number of aliphatic imine (C=N–C) groups is 1. The second kappa shape index (κ2) is 10.2. The molecule has 0 atom stereocenters. The molecule has 3 aromatic rings. The van der Waals surface area contributed by atoms with Crippen molar-refractivity contribution in [3.63, 3.8) is 0 Å². The van der Waals surface area contributed by atoms with E-state index in [9.17, 15) is 19.1 Å². The molecule has 0 spiro atoms. The summed E-state index contributed by atoms with van der Waals surface area (Å²) in [6, 6.07) is 17.4. The predicted octanol–water partition coefficient (Wildman–Crippen LogP) is 0.748. The van der Waals surface area contributed by atoms with Crippen LogP contribution in [0.15, 0.2) is 70.6 Å². The fourth-order valence-corrected chi connectivity index (χ4v) is 3.90. The molecule has 0 unspecified atom stereocenters. The third kappa shape index (κ3) is 6.04. The van der Waals surface area contributed by atoms with Crippen molar-refractivity contribution in [2.75, 3.05) is 5.32 Å². The SMILES string of the molecule is O=C([O-])CCc1ccc(NC2=NC(=O)C(=Cc3ccc4cc(F)ccc4c3)S2)cc1.[Na+]. The molecule has 0 saturated heterocycles. The van der Waals surface area contributed by atoms with Crippen LogP contribution in [0.1, 0.15) is 17.5 Å². The fourth-order valence-electron chi connectivity index (χ4n) is 3.06. The first-order valence-electron chi connectivity index (χ1n) is 9.24. The summed E-state index contributed by atoms with van der Waals surface area (Å²) in [6.07, 6.45) is 2.14. The van der Waals surface area contributed by atoms with Crippen molar-refractivity contribution < 1.29 is 48.6 Å². The standard InChI is InChI=1S/C23H17FN2O3S.Na/c24-18-7-6-16-11-15(1-5-17(16)13-18)12-20-22(29)26-23(30-20)25-19-8-2-14(3-9-19)4-10-21(27)28;/h1-3,5-9,11-13H,4,10H2,(H,27,28)(H,25,26,29);/q;+1/p-1. The number of halogens is 1. The number of amidine groups is 1. The van der Waals surface area contributed by atoms with Gasteiger partial charge < -0.3 is 15.2 Å². The number of carboxylic acid groups (broad SMARTS) is 1. The first kappa shape index (κ1) is 23.2. The van der Waals surface area contributed by atoms with Gasteiger partial charge in [-0.2, -0.15) is 4.99 Å². The van der Waals surface area contributed by atoms with Gasteiger partial charge in [0.1, 0.15) is 5.82 Å². The van der Waals surface area contributed by atoms with E-state index in [0.717, 1.165) is 27.6 Å². The summed E-state index contributed by atoms with van der Waals surface area (Å²) in [5.41, 5.74) is 2.47. The smallest absolute Gasteiger partial charge is 0.550 e. The second-order valence-corrected chi connectivity index (χ2v) is 7.81. The number of benzene rings is 3. The molecule has 1 heterocycles. The van der Waals surface area contributed by atoms with Crippen molar-refractivity contribution in [3.8, 4) is 0 Å². The number of hydrogen-bond donors (Lipinski definition) is 1. The number of nitrogens with zero attached hydrogens (tertiary/aromatic N) is 1. The Labute approximate surface area is 204 Å². The zero-order chi connectivity index (χ0) is 21.1. The zero-order valence-corrected chi connectivity index (χ0v) is 19.5. The molecule has 1 aliphatic heterocycles. The van der Waals surface area contributed by atoms with E-state index in [0.29, 0.717) is 16.5 Å². The van der Waals surface area contributed by atoms with Gasteiger partial charge in [-0.15, -0.1) is 0 Å². The van der Waals surface area contributed by atoms with Gasteiger partial charge in [0, 0.05) is 11.7 Å². The van der Waals surface area contributed by atoms with Gasteiger partial charge in [0.05, 0.1) is 4.91 Å². The Morgan fingerprint density at radius 2 is 1.77 bits per heavy atom. The van der Waals surface area contributed by atoms with Crippen LogP contribution in [0, 0.1) is 5.82 Å². The van der Waals surface area contributed by atoms with Crippen molar-refractivity contribution in [1.29, 1.82) is 0 Å². The molecule has 4 rings (SSSR count). The fraction of sp³-hybridized carbons (Fsp3) is 0.0870. The monoisotopic (exact) mass is 442 g/mol. The van der Waals surface area contributed by atoms with E-state index in [1.807, 2.05) is 42.5 Å². The Balaban J connectivity index is 0.00000272. The summed E-state index contributed by atoms with van der Waals surface area (Å²) in [6.45, 7) is 0. The van der Waals surface area contributed by atoms with Gasteiger partial charge in [-0.1, -0.05) is 30.3 Å². The number of anilines is 1.